The Morgan fingerprint density at radius 3 is 2.17 bits per heavy atom. The molecule has 0 aromatic carbocycles. The topological polar surface area (TPSA) is 26.3 Å². The Balaban J connectivity index is 3.39. The van der Waals surface area contributed by atoms with Crippen molar-refractivity contribution in [3.05, 3.63) is 12.2 Å². The van der Waals surface area contributed by atoms with Crippen LogP contribution in [0.3, 0.4) is 0 Å². The number of allylic oxidation sites excluding steroid dienone is 2. The first-order valence-corrected chi connectivity index (χ1v) is 10.7. The van der Waals surface area contributed by atoms with Gasteiger partial charge in [0.15, 0.2) is 0 Å². The van der Waals surface area contributed by atoms with E-state index in [-0.39, 0.29) is 5.97 Å². The average molecular weight is 270 g/mol. The van der Waals surface area contributed by atoms with Crippen molar-refractivity contribution in [3.8, 4) is 0 Å². The van der Waals surface area contributed by atoms with Crippen molar-refractivity contribution in [3.63, 3.8) is 0 Å². The van der Waals surface area contributed by atoms with Crippen molar-refractivity contribution in [2.24, 2.45) is 0 Å². The van der Waals surface area contributed by atoms with Gasteiger partial charge in [-0.3, -0.25) is 4.79 Å². The summed E-state index contributed by atoms with van der Waals surface area (Å²) in [5.74, 6) is -0.0227. The van der Waals surface area contributed by atoms with Gasteiger partial charge in [0.1, 0.15) is 0 Å². The zero-order chi connectivity index (χ0) is 13.9. The highest BCUT2D eigenvalue weighted by atomic mass is 28.4. The normalized spacial score (nSPS) is 12.0. The molecule has 0 atom stereocenters. The lowest BCUT2D eigenvalue weighted by Gasteiger charge is -2.16. The SMILES string of the molecule is CCCCCC/C=C\CCCC(=O)O[Si](C)(C)C. The largest absolute Gasteiger partial charge is 0.520 e. The minimum Gasteiger partial charge on any atom is -0.520 e. The second kappa shape index (κ2) is 10.4. The van der Waals surface area contributed by atoms with Crippen LogP contribution in [-0.2, 0) is 9.22 Å². The van der Waals surface area contributed by atoms with E-state index in [0.29, 0.717) is 6.42 Å². The van der Waals surface area contributed by atoms with E-state index in [1.54, 1.807) is 0 Å². The van der Waals surface area contributed by atoms with Crippen molar-refractivity contribution in [2.45, 2.75) is 77.9 Å². The van der Waals surface area contributed by atoms with E-state index in [1.165, 1.54) is 32.1 Å². The van der Waals surface area contributed by atoms with E-state index < -0.39 is 8.32 Å². The van der Waals surface area contributed by atoms with Crippen LogP contribution in [0.25, 0.3) is 0 Å². The standard InChI is InChI=1S/C15H30O2Si/c1-5-6-7-8-9-10-11-12-13-14-15(16)17-18(2,3)4/h10-11H,5-9,12-14H2,1-4H3/b11-10-. The monoisotopic (exact) mass is 270 g/mol. The Kier molecular flexibility index (Phi) is 10.0. The van der Waals surface area contributed by atoms with Crippen molar-refractivity contribution in [1.82, 2.24) is 0 Å². The molecule has 3 heteroatoms. The predicted octanol–water partition coefficient (Wildman–Crippen LogP) is 5.06. The Bertz CT molecular complexity index is 241. The molecule has 0 radical (unpaired) electrons. The van der Waals surface area contributed by atoms with Crippen LogP contribution in [0.5, 0.6) is 0 Å². The van der Waals surface area contributed by atoms with Crippen LogP contribution < -0.4 is 0 Å². The van der Waals surface area contributed by atoms with Gasteiger partial charge < -0.3 is 4.43 Å². The summed E-state index contributed by atoms with van der Waals surface area (Å²) in [4.78, 5) is 11.5. The molecule has 0 N–H and O–H groups in total. The third kappa shape index (κ3) is 13.5. The first kappa shape index (κ1) is 17.4. The van der Waals surface area contributed by atoms with E-state index in [9.17, 15) is 4.79 Å². The van der Waals surface area contributed by atoms with Gasteiger partial charge in [0, 0.05) is 6.42 Å². The molecule has 0 amide bonds. The first-order valence-electron chi connectivity index (χ1n) is 7.32. The van der Waals surface area contributed by atoms with E-state index >= 15 is 0 Å². The maximum atomic E-state index is 11.5. The van der Waals surface area contributed by atoms with Gasteiger partial charge in [-0.2, -0.15) is 0 Å². The molecule has 2 nitrogen and oxygen atoms in total. The summed E-state index contributed by atoms with van der Waals surface area (Å²) in [6.07, 6.45) is 13.4. The molecule has 0 aliphatic rings. The van der Waals surface area contributed by atoms with Crippen LogP contribution in [0, 0.1) is 0 Å². The molecule has 0 unspecified atom stereocenters. The fourth-order valence-corrected chi connectivity index (χ4v) is 2.47. The molecular weight excluding hydrogens is 240 g/mol. The van der Waals surface area contributed by atoms with Gasteiger partial charge >= 0.3 is 0 Å². The van der Waals surface area contributed by atoms with Gasteiger partial charge in [-0.25, -0.2) is 0 Å². The predicted molar refractivity (Wildman–Crippen MR) is 81.2 cm³/mol. The lowest BCUT2D eigenvalue weighted by Crippen LogP contribution is -2.28. The summed E-state index contributed by atoms with van der Waals surface area (Å²) in [7, 11) is -1.68. The highest BCUT2D eigenvalue weighted by Crippen LogP contribution is 2.08. The van der Waals surface area contributed by atoms with Crippen LogP contribution in [0.2, 0.25) is 19.6 Å². The number of rotatable bonds is 10. The van der Waals surface area contributed by atoms with Gasteiger partial charge in [-0.15, -0.1) is 0 Å². The molecule has 106 valence electrons. The van der Waals surface area contributed by atoms with E-state index in [1.807, 2.05) is 19.6 Å². The second-order valence-corrected chi connectivity index (χ2v) is 10.2. The van der Waals surface area contributed by atoms with Crippen molar-refractivity contribution >= 4 is 14.3 Å². The Hall–Kier alpha value is -0.573. The van der Waals surface area contributed by atoms with Crippen LogP contribution in [0.4, 0.5) is 0 Å². The first-order chi connectivity index (χ1) is 8.45. The third-order valence-corrected chi connectivity index (χ3v) is 3.40. The van der Waals surface area contributed by atoms with Crippen LogP contribution in [0.1, 0.15) is 58.3 Å². The lowest BCUT2D eigenvalue weighted by atomic mass is 10.1. The molecule has 0 bridgehead atoms. The van der Waals surface area contributed by atoms with Crippen molar-refractivity contribution in [1.29, 1.82) is 0 Å². The number of carbonyl (C=O) groups excluding carboxylic acids is 1. The van der Waals surface area contributed by atoms with Crippen molar-refractivity contribution < 1.29 is 9.22 Å². The maximum Gasteiger partial charge on any atom is 0.292 e. The zero-order valence-corrected chi connectivity index (χ0v) is 13.6. The van der Waals surface area contributed by atoms with Gasteiger partial charge in [0.2, 0.25) is 8.32 Å². The van der Waals surface area contributed by atoms with Crippen LogP contribution in [0.15, 0.2) is 12.2 Å². The molecule has 18 heavy (non-hydrogen) atoms. The molecular formula is C15H30O2Si. The van der Waals surface area contributed by atoms with E-state index in [2.05, 4.69) is 19.1 Å². The highest BCUT2D eigenvalue weighted by Gasteiger charge is 2.19. The minimum atomic E-state index is -1.68. The summed E-state index contributed by atoms with van der Waals surface area (Å²) in [5, 5.41) is 0. The smallest absolute Gasteiger partial charge is 0.292 e. The summed E-state index contributed by atoms with van der Waals surface area (Å²) in [5.41, 5.74) is 0. The summed E-state index contributed by atoms with van der Waals surface area (Å²) >= 11 is 0. The molecule has 0 aromatic rings. The van der Waals surface area contributed by atoms with Crippen molar-refractivity contribution in [2.75, 3.05) is 0 Å². The average Bonchev–Trinajstić information content (AvgIpc) is 2.24. The molecule has 0 saturated carbocycles. The molecule has 0 heterocycles. The van der Waals surface area contributed by atoms with E-state index in [4.69, 9.17) is 4.43 Å². The number of carbonyl (C=O) groups is 1. The quantitative estimate of drug-likeness (QED) is 0.315. The Morgan fingerprint density at radius 1 is 1.00 bits per heavy atom. The summed E-state index contributed by atoms with van der Waals surface area (Å²) in [6, 6.07) is 0. The molecule has 0 rings (SSSR count). The third-order valence-electron chi connectivity index (χ3n) is 2.56. The summed E-state index contributed by atoms with van der Waals surface area (Å²) < 4.78 is 5.39. The lowest BCUT2D eigenvalue weighted by molar-refractivity contribution is -0.135. The molecule has 0 aliphatic heterocycles. The number of hydrogen-bond acceptors (Lipinski definition) is 2. The van der Waals surface area contributed by atoms with Gasteiger partial charge in [-0.05, 0) is 45.3 Å². The zero-order valence-electron chi connectivity index (χ0n) is 12.6. The minimum absolute atomic E-state index is 0.0227. The number of unbranched alkanes of at least 4 members (excludes halogenated alkanes) is 5. The second-order valence-electron chi connectivity index (χ2n) is 5.80. The molecule has 0 aliphatic carbocycles. The molecule has 0 aromatic heterocycles. The maximum absolute atomic E-state index is 11.5. The highest BCUT2D eigenvalue weighted by molar-refractivity contribution is 6.71. The van der Waals surface area contributed by atoms with Crippen LogP contribution in [-0.4, -0.2) is 14.3 Å². The fraction of sp³-hybridized carbons (Fsp3) is 0.800. The molecule has 0 spiro atoms. The Morgan fingerprint density at radius 2 is 1.61 bits per heavy atom. The van der Waals surface area contributed by atoms with Crippen LogP contribution >= 0.6 is 0 Å². The number of hydrogen-bond donors (Lipinski definition) is 0. The van der Waals surface area contributed by atoms with Gasteiger partial charge in [-0.1, -0.05) is 38.3 Å². The van der Waals surface area contributed by atoms with E-state index in [0.717, 1.165) is 12.8 Å². The van der Waals surface area contributed by atoms with Gasteiger partial charge in [0.05, 0.1) is 0 Å². The molecule has 0 saturated heterocycles. The van der Waals surface area contributed by atoms with Gasteiger partial charge in [0.25, 0.3) is 5.97 Å². The summed E-state index contributed by atoms with van der Waals surface area (Å²) in [6.45, 7) is 8.36. The molecule has 0 fully saturated rings. The fourth-order valence-electron chi connectivity index (χ4n) is 1.68. The Labute approximate surface area is 114 Å².